The number of benzene rings is 1. The second kappa shape index (κ2) is 6.58. The van der Waals surface area contributed by atoms with E-state index in [1.165, 1.54) is 11.1 Å². The summed E-state index contributed by atoms with van der Waals surface area (Å²) in [6, 6.07) is 6.23. The molecule has 0 aliphatic rings. The first-order valence-electron chi connectivity index (χ1n) is 7.22. The molecule has 0 amide bonds. The van der Waals surface area contributed by atoms with Crippen molar-refractivity contribution in [1.29, 1.82) is 0 Å². The number of rotatable bonds is 5. The fourth-order valence-corrected chi connectivity index (χ4v) is 2.67. The van der Waals surface area contributed by atoms with Crippen LogP contribution in [0.4, 0.5) is 0 Å². The zero-order chi connectivity index (χ0) is 15.5. The number of nitrogens with zero attached hydrogens (tertiary/aromatic N) is 1. The van der Waals surface area contributed by atoms with E-state index in [0.29, 0.717) is 6.61 Å². The Hall–Kier alpha value is -1.39. The molecule has 1 aromatic carbocycles. The van der Waals surface area contributed by atoms with Gasteiger partial charge in [0.05, 0.1) is 5.69 Å². The largest absolute Gasteiger partial charge is 0.487 e. The van der Waals surface area contributed by atoms with Crippen LogP contribution in [0.15, 0.2) is 23.6 Å². The van der Waals surface area contributed by atoms with Gasteiger partial charge in [0.1, 0.15) is 17.4 Å². The summed E-state index contributed by atoms with van der Waals surface area (Å²) >= 11 is 1.68. The second-order valence-electron chi connectivity index (χ2n) is 6.39. The molecule has 21 heavy (non-hydrogen) atoms. The molecule has 1 heterocycles. The predicted molar refractivity (Wildman–Crippen MR) is 89.0 cm³/mol. The van der Waals surface area contributed by atoms with Gasteiger partial charge in [-0.2, -0.15) is 0 Å². The van der Waals surface area contributed by atoms with E-state index in [1.54, 1.807) is 11.3 Å². The highest BCUT2D eigenvalue weighted by molar-refractivity contribution is 7.09. The maximum atomic E-state index is 5.86. The fraction of sp³-hybridized carbons (Fsp3) is 0.471. The second-order valence-corrected chi connectivity index (χ2v) is 7.34. The van der Waals surface area contributed by atoms with Crippen LogP contribution in [0.2, 0.25) is 0 Å². The zero-order valence-electron chi connectivity index (χ0n) is 13.5. The van der Waals surface area contributed by atoms with Crippen molar-refractivity contribution in [3.05, 3.63) is 45.4 Å². The van der Waals surface area contributed by atoms with Gasteiger partial charge in [0, 0.05) is 17.5 Å². The van der Waals surface area contributed by atoms with Crippen molar-refractivity contribution >= 4 is 11.3 Å². The monoisotopic (exact) mass is 304 g/mol. The van der Waals surface area contributed by atoms with E-state index < -0.39 is 0 Å². The van der Waals surface area contributed by atoms with Gasteiger partial charge in [-0.1, -0.05) is 17.7 Å². The quantitative estimate of drug-likeness (QED) is 0.897. The molecule has 0 aliphatic heterocycles. The topological polar surface area (TPSA) is 34.1 Å². The Morgan fingerprint density at radius 3 is 2.67 bits per heavy atom. The van der Waals surface area contributed by atoms with Crippen LogP contribution in [-0.2, 0) is 13.2 Å². The van der Waals surface area contributed by atoms with Crippen LogP contribution in [0.3, 0.4) is 0 Å². The smallest absolute Gasteiger partial charge is 0.131 e. The number of hydrogen-bond acceptors (Lipinski definition) is 4. The Bertz CT molecular complexity index is 599. The standard InChI is InChI=1S/C17H24N2OS/c1-12-6-7-15(13(2)8-12)20-10-14-11-21-16(19-14)9-18-17(3,4)5/h6-8,11,18H,9-10H2,1-5H3. The van der Waals surface area contributed by atoms with Crippen molar-refractivity contribution < 1.29 is 4.74 Å². The maximum absolute atomic E-state index is 5.86. The molecule has 0 aliphatic carbocycles. The third-order valence-electron chi connectivity index (χ3n) is 3.08. The highest BCUT2D eigenvalue weighted by Gasteiger charge is 2.10. The molecule has 2 rings (SSSR count). The van der Waals surface area contributed by atoms with Crippen molar-refractivity contribution in [2.45, 2.75) is 53.3 Å². The lowest BCUT2D eigenvalue weighted by atomic mass is 10.1. The fourth-order valence-electron chi connectivity index (χ4n) is 1.95. The van der Waals surface area contributed by atoms with E-state index >= 15 is 0 Å². The average molecular weight is 304 g/mol. The molecule has 0 unspecified atom stereocenters. The summed E-state index contributed by atoms with van der Waals surface area (Å²) in [4.78, 5) is 4.61. The van der Waals surface area contributed by atoms with Crippen LogP contribution >= 0.6 is 11.3 Å². The van der Waals surface area contributed by atoms with Crippen LogP contribution in [0, 0.1) is 13.8 Å². The lowest BCUT2D eigenvalue weighted by Crippen LogP contribution is -2.35. The molecular weight excluding hydrogens is 280 g/mol. The molecule has 0 spiro atoms. The van der Waals surface area contributed by atoms with Crippen molar-refractivity contribution in [2.75, 3.05) is 0 Å². The van der Waals surface area contributed by atoms with Gasteiger partial charge in [0.2, 0.25) is 0 Å². The summed E-state index contributed by atoms with van der Waals surface area (Å²) in [7, 11) is 0. The lowest BCUT2D eigenvalue weighted by molar-refractivity contribution is 0.299. The average Bonchev–Trinajstić information content (AvgIpc) is 2.82. The van der Waals surface area contributed by atoms with Crippen molar-refractivity contribution in [2.24, 2.45) is 0 Å². The minimum Gasteiger partial charge on any atom is -0.487 e. The minimum atomic E-state index is 0.112. The maximum Gasteiger partial charge on any atom is 0.131 e. The molecule has 3 nitrogen and oxygen atoms in total. The van der Waals surface area contributed by atoms with E-state index in [1.807, 2.05) is 6.07 Å². The Kier molecular flexibility index (Phi) is 5.01. The molecule has 0 saturated heterocycles. The Morgan fingerprint density at radius 2 is 2.00 bits per heavy atom. The number of aromatic nitrogens is 1. The molecule has 1 N–H and O–H groups in total. The van der Waals surface area contributed by atoms with Crippen LogP contribution in [0.25, 0.3) is 0 Å². The molecule has 2 aromatic rings. The van der Waals surface area contributed by atoms with Crippen LogP contribution in [-0.4, -0.2) is 10.5 Å². The molecule has 4 heteroatoms. The SMILES string of the molecule is Cc1ccc(OCc2csc(CNC(C)(C)C)n2)c(C)c1. The molecule has 0 atom stereocenters. The molecular formula is C17H24N2OS. The molecule has 0 saturated carbocycles. The first kappa shape index (κ1) is 16.0. The summed E-state index contributed by atoms with van der Waals surface area (Å²) < 4.78 is 5.86. The summed E-state index contributed by atoms with van der Waals surface area (Å²) in [6.07, 6.45) is 0. The van der Waals surface area contributed by atoms with E-state index in [0.717, 1.165) is 23.0 Å². The summed E-state index contributed by atoms with van der Waals surface area (Å²) in [5, 5.41) is 6.62. The van der Waals surface area contributed by atoms with Gasteiger partial charge in [-0.3, -0.25) is 0 Å². The molecule has 114 valence electrons. The van der Waals surface area contributed by atoms with E-state index in [2.05, 4.69) is 62.4 Å². The Labute approximate surface area is 131 Å². The van der Waals surface area contributed by atoms with Gasteiger partial charge in [0.25, 0.3) is 0 Å². The third kappa shape index (κ3) is 5.14. The Morgan fingerprint density at radius 1 is 1.24 bits per heavy atom. The van der Waals surface area contributed by atoms with Crippen LogP contribution in [0.5, 0.6) is 5.75 Å². The number of nitrogens with one attached hydrogen (secondary N) is 1. The van der Waals surface area contributed by atoms with Gasteiger partial charge in [0.15, 0.2) is 0 Å². The normalized spacial score (nSPS) is 11.7. The first-order valence-corrected chi connectivity index (χ1v) is 8.10. The van der Waals surface area contributed by atoms with E-state index in [-0.39, 0.29) is 5.54 Å². The highest BCUT2D eigenvalue weighted by atomic mass is 32.1. The van der Waals surface area contributed by atoms with Gasteiger partial charge in [-0.25, -0.2) is 4.98 Å². The first-order chi connectivity index (χ1) is 9.83. The lowest BCUT2D eigenvalue weighted by Gasteiger charge is -2.19. The Balaban J connectivity index is 1.90. The number of ether oxygens (including phenoxy) is 1. The molecule has 0 bridgehead atoms. The molecule has 0 fully saturated rings. The van der Waals surface area contributed by atoms with Crippen molar-refractivity contribution in [3.8, 4) is 5.75 Å². The van der Waals surface area contributed by atoms with E-state index in [9.17, 15) is 0 Å². The van der Waals surface area contributed by atoms with E-state index in [4.69, 9.17) is 4.74 Å². The van der Waals surface area contributed by atoms with Crippen molar-refractivity contribution in [3.63, 3.8) is 0 Å². The number of thiazole rings is 1. The molecule has 0 radical (unpaired) electrons. The van der Waals surface area contributed by atoms with Gasteiger partial charge in [-0.15, -0.1) is 11.3 Å². The third-order valence-corrected chi connectivity index (χ3v) is 3.97. The minimum absolute atomic E-state index is 0.112. The summed E-state index contributed by atoms with van der Waals surface area (Å²) in [6.45, 7) is 12.0. The highest BCUT2D eigenvalue weighted by Crippen LogP contribution is 2.20. The zero-order valence-corrected chi connectivity index (χ0v) is 14.3. The van der Waals surface area contributed by atoms with Crippen LogP contribution in [0.1, 0.15) is 42.6 Å². The number of hydrogen-bond donors (Lipinski definition) is 1. The number of aryl methyl sites for hydroxylation is 2. The van der Waals surface area contributed by atoms with Crippen molar-refractivity contribution in [1.82, 2.24) is 10.3 Å². The van der Waals surface area contributed by atoms with Gasteiger partial charge >= 0.3 is 0 Å². The summed E-state index contributed by atoms with van der Waals surface area (Å²) in [5.41, 5.74) is 3.52. The van der Waals surface area contributed by atoms with Gasteiger partial charge in [-0.05, 0) is 46.2 Å². The molecule has 1 aromatic heterocycles. The van der Waals surface area contributed by atoms with Crippen LogP contribution < -0.4 is 10.1 Å². The van der Waals surface area contributed by atoms with Gasteiger partial charge < -0.3 is 10.1 Å². The summed E-state index contributed by atoms with van der Waals surface area (Å²) in [5.74, 6) is 0.933. The predicted octanol–water partition coefficient (Wildman–Crippen LogP) is 4.23.